The number of aromatic nitrogens is 2. The number of fused-ring (bicyclic) bond motifs is 1. The number of sulfonamides is 1. The second kappa shape index (κ2) is 7.34. The van der Waals surface area contributed by atoms with Crippen molar-refractivity contribution < 1.29 is 26.3 Å². The van der Waals surface area contributed by atoms with Crippen LogP contribution < -0.4 is 9.04 Å². The number of alkyl halides is 3. The molecule has 1 N–H and O–H groups in total. The van der Waals surface area contributed by atoms with E-state index in [0.29, 0.717) is 10.9 Å². The average molecular weight is 413 g/mol. The minimum atomic E-state index is -4.81. The summed E-state index contributed by atoms with van der Waals surface area (Å²) in [6.07, 6.45) is -3.30. The van der Waals surface area contributed by atoms with Crippen LogP contribution in [-0.2, 0) is 10.0 Å². The highest BCUT2D eigenvalue weighted by Gasteiger charge is 2.31. The number of halogens is 3. The molecule has 3 rings (SSSR count). The van der Waals surface area contributed by atoms with Crippen molar-refractivity contribution in [3.8, 4) is 5.75 Å². The number of hydrogen-bond acceptors (Lipinski definition) is 4. The number of rotatable bonds is 6. The minimum Gasteiger partial charge on any atom is -0.406 e. The number of H-pyrrole nitrogens is 1. The van der Waals surface area contributed by atoms with Crippen molar-refractivity contribution in [3.63, 3.8) is 0 Å². The summed E-state index contributed by atoms with van der Waals surface area (Å²) in [5, 5.41) is 7.27. The summed E-state index contributed by atoms with van der Waals surface area (Å²) in [5.74, 6) is -0.434. The molecule has 0 amide bonds. The molecule has 0 atom stereocenters. The normalized spacial score (nSPS) is 12.5. The number of ether oxygens (including phenoxy) is 1. The first-order valence-electron chi connectivity index (χ1n) is 8.38. The zero-order chi connectivity index (χ0) is 20.5. The standard InChI is InChI=1S/C18H18F3N3O3S/c1-12(2)11-24(14-3-5-15(6-4-14)27-18(19,20)21)28(25,26)16-7-8-17-13(9-16)10-22-23-17/h3-10,12H,11H2,1-2H3,(H,22,23). The SMILES string of the molecule is CC(C)CN(c1ccc(OC(F)(F)F)cc1)S(=O)(=O)c1ccc2[nH]ncc2c1. The van der Waals surface area contributed by atoms with Gasteiger partial charge in [0.05, 0.1) is 22.3 Å². The van der Waals surface area contributed by atoms with Crippen molar-refractivity contribution >= 4 is 26.6 Å². The summed E-state index contributed by atoms with van der Waals surface area (Å²) < 4.78 is 68.5. The van der Waals surface area contributed by atoms with E-state index in [1.54, 1.807) is 6.07 Å². The van der Waals surface area contributed by atoms with Crippen molar-refractivity contribution in [2.24, 2.45) is 5.92 Å². The fraction of sp³-hybridized carbons (Fsp3) is 0.278. The van der Waals surface area contributed by atoms with Crippen LogP contribution in [0.2, 0.25) is 0 Å². The molecule has 0 unspecified atom stereocenters. The van der Waals surface area contributed by atoms with Gasteiger partial charge >= 0.3 is 6.36 Å². The number of benzene rings is 2. The van der Waals surface area contributed by atoms with Gasteiger partial charge in [0.25, 0.3) is 10.0 Å². The topological polar surface area (TPSA) is 75.3 Å². The summed E-state index contributed by atoms with van der Waals surface area (Å²) in [4.78, 5) is 0.0673. The van der Waals surface area contributed by atoms with Gasteiger partial charge in [-0.15, -0.1) is 13.2 Å². The fourth-order valence-corrected chi connectivity index (χ4v) is 4.36. The van der Waals surface area contributed by atoms with Gasteiger partial charge in [-0.2, -0.15) is 5.10 Å². The number of anilines is 1. The van der Waals surface area contributed by atoms with Crippen LogP contribution >= 0.6 is 0 Å². The highest BCUT2D eigenvalue weighted by Crippen LogP contribution is 2.30. The largest absolute Gasteiger partial charge is 0.573 e. The van der Waals surface area contributed by atoms with Crippen molar-refractivity contribution in [2.75, 3.05) is 10.8 Å². The predicted octanol–water partition coefficient (Wildman–Crippen LogP) is 4.31. The Kier molecular flexibility index (Phi) is 5.24. The second-order valence-electron chi connectivity index (χ2n) is 6.59. The minimum absolute atomic E-state index is 0.0152. The van der Waals surface area contributed by atoms with Crippen LogP contribution in [0.4, 0.5) is 18.9 Å². The van der Waals surface area contributed by atoms with Gasteiger partial charge in [-0.3, -0.25) is 9.40 Å². The van der Waals surface area contributed by atoms with Crippen LogP contribution in [0.5, 0.6) is 5.75 Å². The fourth-order valence-electron chi connectivity index (χ4n) is 2.70. The molecule has 0 saturated carbocycles. The van der Waals surface area contributed by atoms with E-state index in [9.17, 15) is 21.6 Å². The molecule has 2 aromatic carbocycles. The third-order valence-electron chi connectivity index (χ3n) is 3.89. The molecule has 0 fully saturated rings. The lowest BCUT2D eigenvalue weighted by Gasteiger charge is -2.26. The van der Waals surface area contributed by atoms with E-state index in [4.69, 9.17) is 0 Å². The molecule has 3 aromatic rings. The summed E-state index contributed by atoms with van der Waals surface area (Å²) in [6, 6.07) is 9.33. The molecule has 0 spiro atoms. The van der Waals surface area contributed by atoms with E-state index >= 15 is 0 Å². The molecule has 0 aliphatic heterocycles. The Morgan fingerprint density at radius 2 is 1.82 bits per heavy atom. The highest BCUT2D eigenvalue weighted by atomic mass is 32.2. The molecular weight excluding hydrogens is 395 g/mol. The van der Waals surface area contributed by atoms with Crippen LogP contribution in [0.3, 0.4) is 0 Å². The van der Waals surface area contributed by atoms with Gasteiger partial charge < -0.3 is 4.74 Å². The van der Waals surface area contributed by atoms with E-state index in [1.165, 1.54) is 34.8 Å². The molecule has 0 radical (unpaired) electrons. The number of nitrogens with zero attached hydrogens (tertiary/aromatic N) is 2. The first-order chi connectivity index (χ1) is 13.1. The molecule has 10 heteroatoms. The maximum atomic E-state index is 13.2. The molecule has 0 bridgehead atoms. The lowest BCUT2D eigenvalue weighted by atomic mass is 10.2. The maximum absolute atomic E-state index is 13.2. The van der Waals surface area contributed by atoms with Gasteiger partial charge in [-0.1, -0.05) is 13.8 Å². The van der Waals surface area contributed by atoms with Crippen LogP contribution in [0, 0.1) is 5.92 Å². The van der Waals surface area contributed by atoms with Crippen molar-refractivity contribution in [3.05, 3.63) is 48.7 Å². The Bertz CT molecular complexity index is 1060. The molecule has 6 nitrogen and oxygen atoms in total. The van der Waals surface area contributed by atoms with E-state index in [2.05, 4.69) is 14.9 Å². The van der Waals surface area contributed by atoms with Crippen LogP contribution in [0.15, 0.2) is 53.6 Å². The predicted molar refractivity (Wildman–Crippen MR) is 98.6 cm³/mol. The van der Waals surface area contributed by atoms with E-state index in [0.717, 1.165) is 12.1 Å². The lowest BCUT2D eigenvalue weighted by molar-refractivity contribution is -0.274. The quantitative estimate of drug-likeness (QED) is 0.653. The molecule has 0 aliphatic rings. The van der Waals surface area contributed by atoms with Crippen molar-refractivity contribution in [1.82, 2.24) is 10.2 Å². The van der Waals surface area contributed by atoms with Gasteiger partial charge in [0.2, 0.25) is 0 Å². The van der Waals surface area contributed by atoms with E-state index in [-0.39, 0.29) is 23.0 Å². The molecule has 28 heavy (non-hydrogen) atoms. The van der Waals surface area contributed by atoms with Gasteiger partial charge in [0.1, 0.15) is 5.75 Å². The smallest absolute Gasteiger partial charge is 0.406 e. The third-order valence-corrected chi connectivity index (χ3v) is 5.68. The number of hydrogen-bond donors (Lipinski definition) is 1. The molecule has 1 heterocycles. The Labute approximate surface area is 160 Å². The molecular formula is C18H18F3N3O3S. The van der Waals surface area contributed by atoms with Gasteiger partial charge in [0, 0.05) is 11.9 Å². The summed E-state index contributed by atoms with van der Waals surface area (Å²) in [6.45, 7) is 3.86. The van der Waals surface area contributed by atoms with E-state index < -0.39 is 22.1 Å². The van der Waals surface area contributed by atoms with Gasteiger partial charge in [-0.05, 0) is 48.4 Å². The Hall–Kier alpha value is -2.75. The first kappa shape index (κ1) is 20.0. The Morgan fingerprint density at radius 1 is 1.14 bits per heavy atom. The number of nitrogens with one attached hydrogen (secondary N) is 1. The Morgan fingerprint density at radius 3 is 2.43 bits per heavy atom. The molecule has 0 aliphatic carbocycles. The average Bonchev–Trinajstić information content (AvgIpc) is 3.06. The maximum Gasteiger partial charge on any atom is 0.573 e. The first-order valence-corrected chi connectivity index (χ1v) is 9.82. The van der Waals surface area contributed by atoms with Crippen LogP contribution in [0.25, 0.3) is 10.9 Å². The monoisotopic (exact) mass is 413 g/mol. The molecule has 0 saturated heterocycles. The van der Waals surface area contributed by atoms with E-state index in [1.807, 2.05) is 13.8 Å². The lowest BCUT2D eigenvalue weighted by Crippen LogP contribution is -2.34. The van der Waals surface area contributed by atoms with Crippen molar-refractivity contribution in [1.29, 1.82) is 0 Å². The summed E-state index contributed by atoms with van der Waals surface area (Å²) in [5.41, 5.74) is 0.943. The molecule has 1 aromatic heterocycles. The van der Waals surface area contributed by atoms with Crippen LogP contribution in [-0.4, -0.2) is 31.5 Å². The Balaban J connectivity index is 1.98. The zero-order valence-corrected chi connectivity index (χ0v) is 15.9. The zero-order valence-electron chi connectivity index (χ0n) is 15.1. The summed E-state index contributed by atoms with van der Waals surface area (Å²) >= 11 is 0. The van der Waals surface area contributed by atoms with Gasteiger partial charge in [-0.25, -0.2) is 8.42 Å². The highest BCUT2D eigenvalue weighted by molar-refractivity contribution is 7.92. The molecule has 150 valence electrons. The second-order valence-corrected chi connectivity index (χ2v) is 8.45. The van der Waals surface area contributed by atoms with Crippen LogP contribution in [0.1, 0.15) is 13.8 Å². The summed E-state index contributed by atoms with van der Waals surface area (Å²) in [7, 11) is -3.94. The third kappa shape index (κ3) is 4.38. The van der Waals surface area contributed by atoms with Crippen molar-refractivity contribution in [2.45, 2.75) is 25.1 Å². The number of aromatic amines is 1. The van der Waals surface area contributed by atoms with Gasteiger partial charge in [0.15, 0.2) is 0 Å².